The molecule has 114 valence electrons. The Morgan fingerprint density at radius 3 is 2.67 bits per heavy atom. The Hall–Kier alpha value is -1.17. The van der Waals surface area contributed by atoms with Gasteiger partial charge in [-0.15, -0.1) is 0 Å². The van der Waals surface area contributed by atoms with E-state index < -0.39 is 0 Å². The molecule has 21 heavy (non-hydrogen) atoms. The zero-order valence-corrected chi connectivity index (χ0v) is 13.5. The van der Waals surface area contributed by atoms with Gasteiger partial charge in [0.15, 0.2) is 5.13 Å². The van der Waals surface area contributed by atoms with E-state index in [1.54, 1.807) is 11.3 Å². The second-order valence-corrected chi connectivity index (χ2v) is 6.64. The molecule has 1 saturated heterocycles. The summed E-state index contributed by atoms with van der Waals surface area (Å²) < 4.78 is 1.28. The van der Waals surface area contributed by atoms with Crippen molar-refractivity contribution >= 4 is 26.7 Å². The Morgan fingerprint density at radius 1 is 1.24 bits per heavy atom. The Labute approximate surface area is 130 Å². The van der Waals surface area contributed by atoms with Crippen LogP contribution in [0.15, 0.2) is 24.3 Å². The molecule has 1 unspecified atom stereocenters. The van der Waals surface area contributed by atoms with Crippen molar-refractivity contribution in [3.8, 4) is 0 Å². The third-order valence-corrected chi connectivity index (χ3v) is 5.45. The average molecular weight is 304 g/mol. The van der Waals surface area contributed by atoms with Crippen molar-refractivity contribution in [3.63, 3.8) is 0 Å². The first kappa shape index (κ1) is 14.8. The average Bonchev–Trinajstić information content (AvgIpc) is 2.97. The molecule has 1 aromatic heterocycles. The van der Waals surface area contributed by atoms with Crippen molar-refractivity contribution in [2.24, 2.45) is 5.73 Å². The number of nitrogens with two attached hydrogens (primary N) is 1. The number of fused-ring (bicyclic) bond motifs is 1. The predicted molar refractivity (Wildman–Crippen MR) is 91.2 cm³/mol. The molecule has 1 fully saturated rings. The van der Waals surface area contributed by atoms with E-state index in [0.717, 1.165) is 44.7 Å². The van der Waals surface area contributed by atoms with Gasteiger partial charge in [0, 0.05) is 32.2 Å². The van der Waals surface area contributed by atoms with Crippen LogP contribution < -0.4 is 10.6 Å². The molecule has 1 atom stereocenters. The van der Waals surface area contributed by atoms with E-state index in [4.69, 9.17) is 10.7 Å². The van der Waals surface area contributed by atoms with Crippen LogP contribution in [-0.2, 0) is 0 Å². The third kappa shape index (κ3) is 3.20. The molecule has 0 aliphatic carbocycles. The largest absolute Gasteiger partial charge is 0.345 e. The number of hydrogen-bond acceptors (Lipinski definition) is 5. The van der Waals surface area contributed by atoms with E-state index in [9.17, 15) is 0 Å². The van der Waals surface area contributed by atoms with Crippen LogP contribution in [0.2, 0.25) is 0 Å². The van der Waals surface area contributed by atoms with Crippen molar-refractivity contribution in [1.29, 1.82) is 0 Å². The van der Waals surface area contributed by atoms with Gasteiger partial charge in [-0.25, -0.2) is 4.98 Å². The monoisotopic (exact) mass is 304 g/mol. The van der Waals surface area contributed by atoms with Gasteiger partial charge in [0.05, 0.1) is 10.2 Å². The molecule has 2 N–H and O–H groups in total. The second kappa shape index (κ2) is 6.73. The molecule has 0 bridgehead atoms. The number of benzene rings is 1. The molecule has 1 aliphatic heterocycles. The lowest BCUT2D eigenvalue weighted by Crippen LogP contribution is -2.50. The van der Waals surface area contributed by atoms with E-state index >= 15 is 0 Å². The summed E-state index contributed by atoms with van der Waals surface area (Å²) in [5.74, 6) is 0. The molecule has 0 saturated carbocycles. The number of rotatable bonds is 5. The molecule has 0 spiro atoms. The third-order valence-electron chi connectivity index (χ3n) is 4.35. The molecular weight excluding hydrogens is 280 g/mol. The molecule has 1 aromatic carbocycles. The number of thiazole rings is 1. The fraction of sp³-hybridized carbons (Fsp3) is 0.562. The number of para-hydroxylation sites is 1. The van der Waals surface area contributed by atoms with Crippen LogP contribution in [-0.4, -0.2) is 48.6 Å². The van der Waals surface area contributed by atoms with Crippen LogP contribution >= 0.6 is 11.3 Å². The van der Waals surface area contributed by atoms with Crippen LogP contribution in [0.25, 0.3) is 10.2 Å². The van der Waals surface area contributed by atoms with Gasteiger partial charge >= 0.3 is 0 Å². The van der Waals surface area contributed by atoms with Crippen LogP contribution in [0.5, 0.6) is 0 Å². The van der Waals surface area contributed by atoms with E-state index in [1.807, 2.05) is 0 Å². The van der Waals surface area contributed by atoms with E-state index in [0.29, 0.717) is 6.04 Å². The number of hydrogen-bond donors (Lipinski definition) is 1. The van der Waals surface area contributed by atoms with Crippen LogP contribution in [0, 0.1) is 0 Å². The molecule has 2 aromatic rings. The van der Waals surface area contributed by atoms with E-state index in [-0.39, 0.29) is 0 Å². The van der Waals surface area contributed by atoms with Crippen LogP contribution in [0.1, 0.15) is 19.8 Å². The number of aromatic nitrogens is 1. The highest BCUT2D eigenvalue weighted by atomic mass is 32.1. The lowest BCUT2D eigenvalue weighted by molar-refractivity contribution is 0.173. The predicted octanol–water partition coefficient (Wildman–Crippen LogP) is 2.55. The van der Waals surface area contributed by atoms with Crippen molar-refractivity contribution in [2.75, 3.05) is 37.6 Å². The molecule has 1 aliphatic rings. The van der Waals surface area contributed by atoms with Gasteiger partial charge in [0.25, 0.3) is 0 Å². The summed E-state index contributed by atoms with van der Waals surface area (Å²) in [5, 5.41) is 1.17. The standard InChI is InChI=1S/C16H24N4S/c1-2-13(7-8-17)19-9-11-20(12-10-19)16-18-14-5-3-4-6-15(14)21-16/h3-6,13H,2,7-12,17H2,1H3. The van der Waals surface area contributed by atoms with Gasteiger partial charge in [-0.05, 0) is 31.5 Å². The maximum absolute atomic E-state index is 5.73. The minimum absolute atomic E-state index is 0.646. The summed E-state index contributed by atoms with van der Waals surface area (Å²) in [6, 6.07) is 9.04. The lowest BCUT2D eigenvalue weighted by atomic mass is 10.1. The van der Waals surface area contributed by atoms with Crippen molar-refractivity contribution in [3.05, 3.63) is 24.3 Å². The highest BCUT2D eigenvalue weighted by molar-refractivity contribution is 7.22. The maximum Gasteiger partial charge on any atom is 0.186 e. The molecular formula is C16H24N4S. The fourth-order valence-corrected chi connectivity index (χ4v) is 4.13. The second-order valence-electron chi connectivity index (χ2n) is 5.63. The zero-order chi connectivity index (χ0) is 14.7. The zero-order valence-electron chi connectivity index (χ0n) is 12.7. The Kier molecular flexibility index (Phi) is 4.73. The first-order valence-corrected chi connectivity index (χ1v) is 8.68. The number of nitrogens with zero attached hydrogens (tertiary/aromatic N) is 3. The first-order chi connectivity index (χ1) is 10.3. The summed E-state index contributed by atoms with van der Waals surface area (Å²) in [6.45, 7) is 7.43. The Bertz CT molecular complexity index is 541. The molecule has 4 nitrogen and oxygen atoms in total. The lowest BCUT2D eigenvalue weighted by Gasteiger charge is -2.39. The van der Waals surface area contributed by atoms with Gasteiger partial charge in [-0.3, -0.25) is 4.90 Å². The van der Waals surface area contributed by atoms with Gasteiger partial charge < -0.3 is 10.6 Å². The van der Waals surface area contributed by atoms with Crippen molar-refractivity contribution < 1.29 is 0 Å². The normalized spacial score (nSPS) is 18.3. The van der Waals surface area contributed by atoms with Crippen molar-refractivity contribution in [2.45, 2.75) is 25.8 Å². The quantitative estimate of drug-likeness (QED) is 0.922. The number of piperazine rings is 1. The topological polar surface area (TPSA) is 45.4 Å². The summed E-state index contributed by atoms with van der Waals surface area (Å²) in [4.78, 5) is 9.79. The molecule has 0 radical (unpaired) electrons. The Balaban J connectivity index is 1.65. The summed E-state index contributed by atoms with van der Waals surface area (Å²) in [6.07, 6.45) is 2.30. The minimum atomic E-state index is 0.646. The highest BCUT2D eigenvalue weighted by Crippen LogP contribution is 2.29. The van der Waals surface area contributed by atoms with Gasteiger partial charge in [0.2, 0.25) is 0 Å². The summed E-state index contributed by atoms with van der Waals surface area (Å²) in [5.41, 5.74) is 6.85. The van der Waals surface area contributed by atoms with E-state index in [2.05, 4.69) is 41.0 Å². The molecule has 5 heteroatoms. The number of anilines is 1. The smallest absolute Gasteiger partial charge is 0.186 e. The molecule has 2 heterocycles. The van der Waals surface area contributed by atoms with Crippen LogP contribution in [0.4, 0.5) is 5.13 Å². The van der Waals surface area contributed by atoms with Gasteiger partial charge in [-0.1, -0.05) is 30.4 Å². The summed E-state index contributed by atoms with van der Waals surface area (Å²) in [7, 11) is 0. The Morgan fingerprint density at radius 2 is 2.00 bits per heavy atom. The molecule has 0 amide bonds. The van der Waals surface area contributed by atoms with Gasteiger partial charge in [-0.2, -0.15) is 0 Å². The van der Waals surface area contributed by atoms with Gasteiger partial charge in [0.1, 0.15) is 0 Å². The summed E-state index contributed by atoms with van der Waals surface area (Å²) >= 11 is 1.81. The van der Waals surface area contributed by atoms with Crippen LogP contribution in [0.3, 0.4) is 0 Å². The SMILES string of the molecule is CCC(CCN)N1CCN(c2nc3ccccc3s2)CC1. The highest BCUT2D eigenvalue weighted by Gasteiger charge is 2.23. The minimum Gasteiger partial charge on any atom is -0.345 e. The first-order valence-electron chi connectivity index (χ1n) is 7.86. The molecule has 3 rings (SSSR count). The maximum atomic E-state index is 5.73. The van der Waals surface area contributed by atoms with Crippen molar-refractivity contribution in [1.82, 2.24) is 9.88 Å². The van der Waals surface area contributed by atoms with E-state index in [1.165, 1.54) is 16.3 Å². The fourth-order valence-electron chi connectivity index (χ4n) is 3.11.